The minimum atomic E-state index is -0.194. The second kappa shape index (κ2) is 15.0. The van der Waals surface area contributed by atoms with Gasteiger partial charge in [0, 0.05) is 60.2 Å². The number of ether oxygens (including phenoxy) is 1. The lowest BCUT2D eigenvalue weighted by Gasteiger charge is -2.34. The van der Waals surface area contributed by atoms with E-state index in [2.05, 4.69) is 223 Å². The van der Waals surface area contributed by atoms with Gasteiger partial charge in [-0.15, -0.1) is 0 Å². The van der Waals surface area contributed by atoms with E-state index in [4.69, 9.17) is 13.6 Å². The number of aromatic nitrogens is 3. The highest BCUT2D eigenvalue weighted by atomic mass is 16.5. The Kier molecular flexibility index (Phi) is 8.17. The SMILES string of the molecule is CC(C)(C)c1ccc2c(c1)B1c3c(cc(-c4ccc(C#N)cc4)cc3-n3c4ccc5c6cc(-n7c8ccccc8c8ccccc87)ccc6oc5c4c4c5oc6ccc(-n7c8ccccc8c8ccccc87)cc6c5cc1c43)O2. The van der Waals surface area contributed by atoms with Crippen molar-refractivity contribution in [3.8, 4) is 45.8 Å². The van der Waals surface area contributed by atoms with Gasteiger partial charge in [0.05, 0.1) is 55.5 Å². The molecule has 7 heterocycles. The fraction of sp³-hybridized carbons (Fsp3) is 0.0563. The van der Waals surface area contributed by atoms with E-state index in [0.29, 0.717) is 5.56 Å². The summed E-state index contributed by atoms with van der Waals surface area (Å²) >= 11 is 0. The molecule has 7 nitrogen and oxygen atoms in total. The van der Waals surface area contributed by atoms with Crippen LogP contribution in [0.4, 0.5) is 0 Å². The Bertz CT molecular complexity index is 5370. The summed E-state index contributed by atoms with van der Waals surface area (Å²) in [6.07, 6.45) is 0. The largest absolute Gasteiger partial charge is 0.458 e. The van der Waals surface area contributed by atoms with Crippen LogP contribution < -0.4 is 21.1 Å². The van der Waals surface area contributed by atoms with Gasteiger partial charge < -0.3 is 27.3 Å². The number of nitrogens with zero attached hydrogens (tertiary/aromatic N) is 4. The molecule has 2 aliphatic heterocycles. The van der Waals surface area contributed by atoms with E-state index in [-0.39, 0.29) is 12.1 Å². The molecule has 5 aromatic heterocycles. The summed E-state index contributed by atoms with van der Waals surface area (Å²) in [5, 5.41) is 20.9. The first-order chi connectivity index (χ1) is 38.8. The first kappa shape index (κ1) is 42.9. The first-order valence-corrected chi connectivity index (χ1v) is 27.1. The van der Waals surface area contributed by atoms with Crippen LogP contribution in [0.15, 0.2) is 215 Å². The molecule has 79 heavy (non-hydrogen) atoms. The number of furan rings is 2. The summed E-state index contributed by atoms with van der Waals surface area (Å²) in [6.45, 7) is 6.64. The number of nitriles is 1. The minimum Gasteiger partial charge on any atom is -0.458 e. The molecule has 0 unspecified atom stereocenters. The van der Waals surface area contributed by atoms with E-state index in [9.17, 15) is 5.26 Å². The molecule has 0 bridgehead atoms. The molecule has 0 fully saturated rings. The van der Waals surface area contributed by atoms with Crippen LogP contribution in [0, 0.1) is 11.3 Å². The third kappa shape index (κ3) is 5.65. The van der Waals surface area contributed by atoms with Gasteiger partial charge in [-0.3, -0.25) is 0 Å². The molecule has 0 spiro atoms. The zero-order valence-electron chi connectivity index (χ0n) is 43.2. The second-order valence-corrected chi connectivity index (χ2v) is 22.7. The van der Waals surface area contributed by atoms with Gasteiger partial charge in [-0.05, 0) is 142 Å². The van der Waals surface area contributed by atoms with Crippen LogP contribution in [0.25, 0.3) is 137 Å². The number of fused-ring (bicyclic) bond motifs is 21. The van der Waals surface area contributed by atoms with Crippen LogP contribution in [0.1, 0.15) is 31.9 Å². The molecule has 368 valence electrons. The predicted molar refractivity (Wildman–Crippen MR) is 324 cm³/mol. The Morgan fingerprint density at radius 1 is 0.430 bits per heavy atom. The van der Waals surface area contributed by atoms with Crippen molar-refractivity contribution in [2.75, 3.05) is 0 Å². The van der Waals surface area contributed by atoms with Crippen molar-refractivity contribution in [3.63, 3.8) is 0 Å². The molecule has 11 aromatic carbocycles. The normalized spacial score (nSPS) is 13.1. The Labute approximate surface area is 452 Å². The first-order valence-electron chi connectivity index (χ1n) is 27.1. The molecule has 2 aliphatic rings. The zero-order valence-corrected chi connectivity index (χ0v) is 43.2. The molecule has 0 amide bonds. The van der Waals surface area contributed by atoms with Crippen molar-refractivity contribution < 1.29 is 13.6 Å². The highest BCUT2D eigenvalue weighted by Crippen LogP contribution is 2.48. The Hall–Kier alpha value is -10.2. The molecular formula is C71H43BN4O3. The lowest BCUT2D eigenvalue weighted by atomic mass is 9.34. The molecule has 16 aromatic rings. The van der Waals surface area contributed by atoms with Gasteiger partial charge in [-0.2, -0.15) is 5.26 Å². The van der Waals surface area contributed by atoms with Gasteiger partial charge in [-0.25, -0.2) is 0 Å². The van der Waals surface area contributed by atoms with Gasteiger partial charge in [0.25, 0.3) is 6.71 Å². The van der Waals surface area contributed by atoms with Gasteiger partial charge >= 0.3 is 0 Å². The monoisotopic (exact) mass is 1010 g/mol. The molecule has 0 radical (unpaired) electrons. The topological polar surface area (TPSA) is 74.1 Å². The van der Waals surface area contributed by atoms with Crippen molar-refractivity contribution in [1.29, 1.82) is 5.26 Å². The van der Waals surface area contributed by atoms with Crippen LogP contribution in [0.5, 0.6) is 11.5 Å². The molecule has 0 atom stereocenters. The molecule has 0 saturated heterocycles. The third-order valence-corrected chi connectivity index (χ3v) is 17.5. The van der Waals surface area contributed by atoms with Crippen LogP contribution >= 0.6 is 0 Å². The number of rotatable bonds is 3. The number of hydrogen-bond acceptors (Lipinski definition) is 4. The van der Waals surface area contributed by atoms with E-state index in [1.165, 1.54) is 32.6 Å². The number of para-hydroxylation sites is 4. The fourth-order valence-electron chi connectivity index (χ4n) is 13.9. The van der Waals surface area contributed by atoms with Crippen molar-refractivity contribution in [3.05, 3.63) is 217 Å². The van der Waals surface area contributed by atoms with E-state index in [0.717, 1.165) is 138 Å². The quantitative estimate of drug-likeness (QED) is 0.165. The van der Waals surface area contributed by atoms with Crippen LogP contribution in [0.2, 0.25) is 0 Å². The van der Waals surface area contributed by atoms with Crippen LogP contribution in [-0.4, -0.2) is 20.4 Å². The molecule has 0 aliphatic carbocycles. The van der Waals surface area contributed by atoms with Gasteiger partial charge in [0.15, 0.2) is 0 Å². The number of hydrogen-bond donors (Lipinski definition) is 0. The lowest BCUT2D eigenvalue weighted by molar-refractivity contribution is 0.486. The maximum atomic E-state index is 9.81. The number of benzene rings is 11. The Morgan fingerprint density at radius 3 is 1.58 bits per heavy atom. The summed E-state index contributed by atoms with van der Waals surface area (Å²) < 4.78 is 29.0. The standard InChI is InChI=1S/C71H43BN4O3/c1-71(2,3)42-24-29-63-53(34-42)72-54-37-52-51-36-44(75-57-18-10-6-14-47(57)48-15-7-11-19-58(48)75)26-31-62(51)79-70(52)66-65-59(76(68(54)66)60-32-41(33-64(77-63)67(60)72)40-22-20-39(38-73)21-23-40)28-27-49-50-35-43(25-30-61(50)78-69(49)65)74-55-16-8-4-12-45(55)46-13-5-9-17-56(46)74/h4-37H,1-3H3. The summed E-state index contributed by atoms with van der Waals surface area (Å²) in [7, 11) is 0. The maximum Gasteiger partial charge on any atom is 0.256 e. The summed E-state index contributed by atoms with van der Waals surface area (Å²) in [5.74, 6) is 1.65. The Morgan fingerprint density at radius 2 is 1.00 bits per heavy atom. The average molecular weight is 1010 g/mol. The maximum absolute atomic E-state index is 9.81. The van der Waals surface area contributed by atoms with Crippen LogP contribution in [-0.2, 0) is 5.41 Å². The minimum absolute atomic E-state index is 0.112. The van der Waals surface area contributed by atoms with E-state index in [1.54, 1.807) is 0 Å². The predicted octanol–water partition coefficient (Wildman–Crippen LogP) is 16.5. The van der Waals surface area contributed by atoms with Crippen molar-refractivity contribution in [1.82, 2.24) is 13.7 Å². The molecule has 0 N–H and O–H groups in total. The third-order valence-electron chi connectivity index (χ3n) is 17.5. The highest BCUT2D eigenvalue weighted by Gasteiger charge is 2.43. The van der Waals surface area contributed by atoms with E-state index < -0.39 is 0 Å². The van der Waals surface area contributed by atoms with Crippen molar-refractivity contribution in [2.24, 2.45) is 0 Å². The van der Waals surface area contributed by atoms with Gasteiger partial charge in [-0.1, -0.05) is 124 Å². The molecule has 18 rings (SSSR count). The summed E-state index contributed by atoms with van der Waals surface area (Å²) in [4.78, 5) is 0. The van der Waals surface area contributed by atoms with E-state index in [1.807, 2.05) is 24.3 Å². The highest BCUT2D eigenvalue weighted by molar-refractivity contribution is 6.99. The second-order valence-electron chi connectivity index (χ2n) is 22.7. The molecule has 0 saturated carbocycles. The zero-order chi connectivity index (χ0) is 52.2. The van der Waals surface area contributed by atoms with E-state index >= 15 is 0 Å². The molecular weight excluding hydrogens is 968 g/mol. The average Bonchev–Trinajstić information content (AvgIpc) is 4.38. The van der Waals surface area contributed by atoms with Gasteiger partial charge in [0.1, 0.15) is 33.8 Å². The lowest BCUT2D eigenvalue weighted by Crippen LogP contribution is -2.58. The van der Waals surface area contributed by atoms with Crippen molar-refractivity contribution in [2.45, 2.75) is 26.2 Å². The molecule has 8 heteroatoms. The summed E-state index contributed by atoms with van der Waals surface area (Å²) in [6, 6.07) is 76.4. The summed E-state index contributed by atoms with van der Waals surface area (Å²) in [5.41, 5.74) is 20.3. The van der Waals surface area contributed by atoms with Crippen LogP contribution in [0.3, 0.4) is 0 Å². The smallest absolute Gasteiger partial charge is 0.256 e. The Balaban J connectivity index is 0.983. The van der Waals surface area contributed by atoms with Crippen molar-refractivity contribution >= 4 is 132 Å². The van der Waals surface area contributed by atoms with Gasteiger partial charge in [0.2, 0.25) is 0 Å². The fourth-order valence-corrected chi connectivity index (χ4v) is 13.9.